The van der Waals surface area contributed by atoms with Crippen molar-refractivity contribution >= 4 is 49.7 Å². The first-order chi connectivity index (χ1) is 21.4. The van der Waals surface area contributed by atoms with Gasteiger partial charge < -0.3 is 24.8 Å². The Morgan fingerprint density at radius 3 is 2.34 bits per heavy atom. The molecule has 2 aromatic carbocycles. The second-order valence-electron chi connectivity index (χ2n) is 12.7. The summed E-state index contributed by atoms with van der Waals surface area (Å²) in [5.41, 5.74) is 3.30. The number of halogens is 2. The SMILES string of the molecule is O=C(O[C@H](CCc1ccc(Br)c(Br)c1)N1CCC(N2CCCCC2)CC1)N1CCC(N2CCc3ccccc3NC2=O)CC1. The standard InChI is InChI=1S/C34H45Br2N5O3/c35-29-10-8-25(24-30(29)36)9-11-32(39-19-13-27(14-20-39)38-17-4-1-5-18-38)44-34(43)40-21-15-28(16-22-40)41-23-12-26-6-2-3-7-31(26)37-33(41)42/h2-3,6-8,10,24,27-28,32H,1,4-5,9,11-23H2,(H,37,42)/t32-/m1/s1. The molecule has 6 rings (SSSR count). The van der Waals surface area contributed by atoms with E-state index in [1.54, 1.807) is 0 Å². The van der Waals surface area contributed by atoms with Crippen molar-refractivity contribution in [2.75, 3.05) is 51.1 Å². The van der Waals surface area contributed by atoms with E-state index in [0.717, 1.165) is 72.7 Å². The minimum Gasteiger partial charge on any atom is -0.430 e. The van der Waals surface area contributed by atoms with Crippen LogP contribution < -0.4 is 5.32 Å². The van der Waals surface area contributed by atoms with E-state index in [-0.39, 0.29) is 24.4 Å². The van der Waals surface area contributed by atoms with Crippen molar-refractivity contribution in [1.82, 2.24) is 19.6 Å². The minimum atomic E-state index is -0.250. The Balaban J connectivity index is 1.05. The zero-order chi connectivity index (χ0) is 30.5. The number of rotatable bonds is 7. The number of anilines is 1. The van der Waals surface area contributed by atoms with Crippen LogP contribution >= 0.6 is 31.9 Å². The summed E-state index contributed by atoms with van der Waals surface area (Å²) < 4.78 is 8.41. The van der Waals surface area contributed by atoms with Gasteiger partial charge in [-0.1, -0.05) is 30.7 Å². The predicted molar refractivity (Wildman–Crippen MR) is 181 cm³/mol. The first-order valence-electron chi connectivity index (χ1n) is 16.5. The summed E-state index contributed by atoms with van der Waals surface area (Å²) in [4.78, 5) is 35.6. The van der Waals surface area contributed by atoms with Crippen LogP contribution in [0.1, 0.15) is 62.5 Å². The third kappa shape index (κ3) is 7.80. The lowest BCUT2D eigenvalue weighted by atomic mass is 9.99. The molecule has 8 nitrogen and oxygen atoms in total. The maximum Gasteiger partial charge on any atom is 0.411 e. The molecule has 0 bridgehead atoms. The largest absolute Gasteiger partial charge is 0.430 e. The summed E-state index contributed by atoms with van der Waals surface area (Å²) >= 11 is 7.20. The van der Waals surface area contributed by atoms with E-state index >= 15 is 0 Å². The van der Waals surface area contributed by atoms with Crippen LogP contribution in [0, 0.1) is 0 Å². The molecule has 4 aliphatic heterocycles. The third-order valence-electron chi connectivity index (χ3n) is 10.0. The average molecular weight is 732 g/mol. The molecule has 1 atom stereocenters. The van der Waals surface area contributed by atoms with Crippen molar-refractivity contribution in [3.8, 4) is 0 Å². The molecule has 10 heteroatoms. The van der Waals surface area contributed by atoms with E-state index in [2.05, 4.69) is 71.2 Å². The Labute approximate surface area is 278 Å². The molecule has 238 valence electrons. The van der Waals surface area contributed by atoms with Gasteiger partial charge in [0, 0.05) is 65.9 Å². The summed E-state index contributed by atoms with van der Waals surface area (Å²) in [6.45, 7) is 6.26. The van der Waals surface area contributed by atoms with Gasteiger partial charge in [0.1, 0.15) is 0 Å². The van der Waals surface area contributed by atoms with Crippen molar-refractivity contribution in [2.45, 2.75) is 82.5 Å². The number of carbonyl (C=O) groups excluding carboxylic acids is 2. The molecule has 0 radical (unpaired) electrons. The van der Waals surface area contributed by atoms with Gasteiger partial charge in [0.05, 0.1) is 0 Å². The van der Waals surface area contributed by atoms with Crippen molar-refractivity contribution in [3.05, 3.63) is 62.5 Å². The zero-order valence-electron chi connectivity index (χ0n) is 25.6. The van der Waals surface area contributed by atoms with E-state index in [4.69, 9.17) is 4.74 Å². The summed E-state index contributed by atoms with van der Waals surface area (Å²) in [5, 5.41) is 3.09. The fourth-order valence-electron chi connectivity index (χ4n) is 7.41. The average Bonchev–Trinajstić information content (AvgIpc) is 3.23. The number of carbonyl (C=O) groups is 2. The molecule has 44 heavy (non-hydrogen) atoms. The van der Waals surface area contributed by atoms with E-state index in [1.807, 2.05) is 28.0 Å². The second-order valence-corrected chi connectivity index (χ2v) is 14.4. The van der Waals surface area contributed by atoms with Crippen LogP contribution in [0.25, 0.3) is 0 Å². The topological polar surface area (TPSA) is 68.4 Å². The monoisotopic (exact) mass is 729 g/mol. The number of nitrogens with zero attached hydrogens (tertiary/aromatic N) is 4. The van der Waals surface area contributed by atoms with Crippen molar-refractivity contribution in [2.24, 2.45) is 0 Å². The maximum atomic E-state index is 13.6. The van der Waals surface area contributed by atoms with E-state index in [1.165, 1.54) is 43.5 Å². The highest BCUT2D eigenvalue weighted by Crippen LogP contribution is 2.28. The molecular weight excluding hydrogens is 686 g/mol. The third-order valence-corrected chi connectivity index (χ3v) is 11.9. The molecule has 0 spiro atoms. The number of nitrogens with one attached hydrogen (secondary N) is 1. The number of amides is 3. The van der Waals surface area contributed by atoms with Crippen LogP contribution in [-0.2, 0) is 17.6 Å². The van der Waals surface area contributed by atoms with E-state index < -0.39 is 0 Å². The Hall–Kier alpha value is -2.14. The second kappa shape index (κ2) is 15.0. The summed E-state index contributed by atoms with van der Waals surface area (Å²) in [6, 6.07) is 15.1. The molecule has 3 fully saturated rings. The Morgan fingerprint density at radius 2 is 1.59 bits per heavy atom. The Morgan fingerprint density at radius 1 is 0.864 bits per heavy atom. The number of benzene rings is 2. The highest BCUT2D eigenvalue weighted by atomic mass is 79.9. The number of hydrogen-bond donors (Lipinski definition) is 1. The van der Waals surface area contributed by atoms with Crippen LogP contribution in [0.2, 0.25) is 0 Å². The molecule has 0 aromatic heterocycles. The number of aryl methyl sites for hydroxylation is 1. The number of urea groups is 1. The molecule has 4 aliphatic rings. The number of likely N-dealkylation sites (tertiary alicyclic amines) is 3. The van der Waals surface area contributed by atoms with Gasteiger partial charge in [-0.05, 0) is 126 Å². The van der Waals surface area contributed by atoms with Gasteiger partial charge in [-0.15, -0.1) is 0 Å². The number of piperidine rings is 3. The minimum absolute atomic E-state index is 0.0384. The zero-order valence-corrected chi connectivity index (χ0v) is 28.7. The number of para-hydroxylation sites is 1. The molecule has 3 saturated heterocycles. The molecule has 4 heterocycles. The fourth-order valence-corrected chi connectivity index (χ4v) is 8.09. The summed E-state index contributed by atoms with van der Waals surface area (Å²) in [5.74, 6) is 0. The van der Waals surface area contributed by atoms with Crippen molar-refractivity contribution < 1.29 is 14.3 Å². The lowest BCUT2D eigenvalue weighted by molar-refractivity contribution is -0.0537. The summed E-state index contributed by atoms with van der Waals surface area (Å²) in [6.07, 6.45) is 9.73. The van der Waals surface area contributed by atoms with Crippen molar-refractivity contribution in [3.63, 3.8) is 0 Å². The predicted octanol–water partition coefficient (Wildman–Crippen LogP) is 7.11. The normalized spacial score (nSPS) is 21.8. The van der Waals surface area contributed by atoms with Crippen LogP contribution in [0.5, 0.6) is 0 Å². The number of fused-ring (bicyclic) bond motifs is 1. The molecule has 1 N–H and O–H groups in total. The lowest BCUT2D eigenvalue weighted by Crippen LogP contribution is -2.53. The molecule has 3 amide bonds. The van der Waals surface area contributed by atoms with Gasteiger partial charge in [0.15, 0.2) is 6.23 Å². The fraction of sp³-hybridized carbons (Fsp3) is 0.588. The molecule has 2 aromatic rings. The quantitative estimate of drug-likeness (QED) is 0.329. The molecule has 0 aliphatic carbocycles. The van der Waals surface area contributed by atoms with Gasteiger partial charge in [-0.25, -0.2) is 9.59 Å². The summed E-state index contributed by atoms with van der Waals surface area (Å²) in [7, 11) is 0. The number of ether oxygens (including phenoxy) is 1. The van der Waals surface area contributed by atoms with Gasteiger partial charge in [-0.3, -0.25) is 4.90 Å². The van der Waals surface area contributed by atoms with E-state index in [0.29, 0.717) is 25.7 Å². The van der Waals surface area contributed by atoms with Gasteiger partial charge >= 0.3 is 12.1 Å². The first-order valence-corrected chi connectivity index (χ1v) is 18.1. The van der Waals surface area contributed by atoms with Crippen molar-refractivity contribution in [1.29, 1.82) is 0 Å². The Kier molecular flexibility index (Phi) is 10.8. The number of hydrogen-bond acceptors (Lipinski definition) is 5. The lowest BCUT2D eigenvalue weighted by Gasteiger charge is -2.43. The molecule has 0 unspecified atom stereocenters. The van der Waals surface area contributed by atoms with E-state index in [9.17, 15) is 9.59 Å². The van der Waals surface area contributed by atoms with Gasteiger partial charge in [0.25, 0.3) is 0 Å². The van der Waals surface area contributed by atoms with Crippen LogP contribution in [0.4, 0.5) is 15.3 Å². The first kappa shape index (κ1) is 31.8. The van der Waals surface area contributed by atoms with Gasteiger partial charge in [-0.2, -0.15) is 0 Å². The van der Waals surface area contributed by atoms with Crippen LogP contribution in [0.3, 0.4) is 0 Å². The smallest absolute Gasteiger partial charge is 0.411 e. The Bertz CT molecular complexity index is 1290. The highest BCUT2D eigenvalue weighted by Gasteiger charge is 2.35. The van der Waals surface area contributed by atoms with Crippen LogP contribution in [-0.4, -0.2) is 95.8 Å². The molecule has 0 saturated carbocycles. The van der Waals surface area contributed by atoms with Gasteiger partial charge in [0.2, 0.25) is 0 Å². The maximum absolute atomic E-state index is 13.6. The molecular formula is C34H45Br2N5O3. The highest BCUT2D eigenvalue weighted by molar-refractivity contribution is 9.13. The van der Waals surface area contributed by atoms with Crippen LogP contribution in [0.15, 0.2) is 51.4 Å².